The molecule has 0 bridgehead atoms. The lowest BCUT2D eigenvalue weighted by molar-refractivity contribution is 0.369. The molecule has 0 N–H and O–H groups in total. The van der Waals surface area contributed by atoms with E-state index in [2.05, 4.69) is 45.1 Å². The molecular weight excluding hydrogens is 438 g/mol. The van der Waals surface area contributed by atoms with E-state index in [4.69, 9.17) is 4.74 Å². The summed E-state index contributed by atoms with van der Waals surface area (Å²) >= 11 is 0. The molecule has 35 heavy (non-hydrogen) atoms. The molecule has 2 aromatic carbocycles. The van der Waals surface area contributed by atoms with E-state index in [1.807, 2.05) is 18.2 Å². The van der Waals surface area contributed by atoms with Crippen molar-refractivity contribution in [1.29, 1.82) is 0 Å². The van der Waals surface area contributed by atoms with Gasteiger partial charge in [-0.25, -0.2) is 8.78 Å². The summed E-state index contributed by atoms with van der Waals surface area (Å²) in [6.07, 6.45) is 16.9. The Balaban J connectivity index is 1.62. The molecule has 1 aliphatic rings. The molecule has 0 radical (unpaired) electrons. The number of unbranched alkanes of at least 4 members (excludes halogenated alkanes) is 3. The van der Waals surface area contributed by atoms with Crippen LogP contribution in [0.25, 0.3) is 11.1 Å². The van der Waals surface area contributed by atoms with Crippen LogP contribution in [-0.4, -0.2) is 0 Å². The lowest BCUT2D eigenvalue weighted by Gasteiger charge is -2.27. The van der Waals surface area contributed by atoms with Crippen molar-refractivity contribution in [1.82, 2.24) is 0 Å². The average Bonchev–Trinajstić information content (AvgIpc) is 2.87. The van der Waals surface area contributed by atoms with E-state index >= 15 is 0 Å². The van der Waals surface area contributed by atoms with E-state index in [0.717, 1.165) is 31.2 Å². The highest BCUT2D eigenvalue weighted by Gasteiger charge is 2.21. The second-order valence-electron chi connectivity index (χ2n) is 10.2. The Morgan fingerprint density at radius 1 is 0.971 bits per heavy atom. The highest BCUT2D eigenvalue weighted by Crippen LogP contribution is 2.37. The summed E-state index contributed by atoms with van der Waals surface area (Å²) in [6, 6.07) is 11.0. The molecule has 1 fully saturated rings. The second-order valence-corrected chi connectivity index (χ2v) is 10.2. The molecule has 0 aromatic heterocycles. The van der Waals surface area contributed by atoms with E-state index in [9.17, 15) is 8.78 Å². The van der Waals surface area contributed by atoms with Gasteiger partial charge in [0.25, 0.3) is 0 Å². The van der Waals surface area contributed by atoms with Gasteiger partial charge in [-0.2, -0.15) is 0 Å². The number of hydrogen-bond donors (Lipinski definition) is 0. The summed E-state index contributed by atoms with van der Waals surface area (Å²) in [5.74, 6) is 0.777. The van der Waals surface area contributed by atoms with E-state index in [-0.39, 0.29) is 5.75 Å². The Kier molecular flexibility index (Phi) is 10.6. The molecule has 1 saturated carbocycles. The zero-order valence-corrected chi connectivity index (χ0v) is 22.0. The summed E-state index contributed by atoms with van der Waals surface area (Å²) < 4.78 is 35.0. The molecule has 0 heterocycles. The minimum atomic E-state index is -0.672. The van der Waals surface area contributed by atoms with Crippen molar-refractivity contribution in [3.05, 3.63) is 77.6 Å². The predicted octanol–water partition coefficient (Wildman–Crippen LogP) is 10.4. The van der Waals surface area contributed by atoms with Gasteiger partial charge in [0.05, 0.1) is 5.76 Å². The first kappa shape index (κ1) is 27.2. The van der Waals surface area contributed by atoms with Gasteiger partial charge in [-0.1, -0.05) is 76.5 Å². The van der Waals surface area contributed by atoms with Crippen LogP contribution in [0.5, 0.6) is 5.75 Å². The second kappa shape index (κ2) is 13.6. The Hall–Kier alpha value is -2.42. The summed E-state index contributed by atoms with van der Waals surface area (Å²) in [6.45, 7) is 8.39. The van der Waals surface area contributed by atoms with Crippen LogP contribution in [0, 0.1) is 23.5 Å². The standard InChI is InChI=1S/C32H42F2O/c1-5-7-8-9-10-24(4)35-32-30(33)21-29(22-31(32)34)28-19-17-27(18-20-28)26-15-13-25(14-16-26)12-11-23(3)6-2/h10-12,17-23,25-26H,5-9,13-16H2,1-4H3/b12-11+,24-10-. The van der Waals surface area contributed by atoms with Crippen LogP contribution >= 0.6 is 0 Å². The Morgan fingerprint density at radius 3 is 2.23 bits per heavy atom. The summed E-state index contributed by atoms with van der Waals surface area (Å²) in [5, 5.41) is 0. The zero-order valence-electron chi connectivity index (χ0n) is 22.0. The number of benzene rings is 2. The molecule has 1 aliphatic carbocycles. The lowest BCUT2D eigenvalue weighted by atomic mass is 9.78. The number of rotatable bonds is 11. The highest BCUT2D eigenvalue weighted by atomic mass is 19.1. The van der Waals surface area contributed by atoms with Crippen molar-refractivity contribution in [3.8, 4) is 16.9 Å². The number of allylic oxidation sites excluding steroid dienone is 4. The van der Waals surface area contributed by atoms with Gasteiger partial charge in [-0.3, -0.25) is 0 Å². The normalized spacial score (nSPS) is 19.8. The SMILES string of the molecule is CCCCC/C=C(/C)Oc1c(F)cc(-c2ccc(C3CCC(/C=C/C(C)CC)CC3)cc2)cc1F. The zero-order chi connectivity index (χ0) is 25.2. The monoisotopic (exact) mass is 480 g/mol. The molecule has 2 aromatic rings. The third-order valence-corrected chi connectivity index (χ3v) is 7.34. The van der Waals surface area contributed by atoms with E-state index in [1.54, 1.807) is 6.92 Å². The van der Waals surface area contributed by atoms with E-state index < -0.39 is 11.6 Å². The smallest absolute Gasteiger partial charge is 0.198 e. The molecule has 0 saturated heterocycles. The minimum Gasteiger partial charge on any atom is -0.456 e. The van der Waals surface area contributed by atoms with Crippen LogP contribution in [0.15, 0.2) is 60.4 Å². The highest BCUT2D eigenvalue weighted by molar-refractivity contribution is 5.65. The van der Waals surface area contributed by atoms with E-state index in [0.29, 0.717) is 29.1 Å². The van der Waals surface area contributed by atoms with Gasteiger partial charge in [0, 0.05) is 0 Å². The molecule has 3 heteroatoms. The van der Waals surface area contributed by atoms with Crippen LogP contribution < -0.4 is 4.74 Å². The molecule has 0 spiro atoms. The maximum absolute atomic E-state index is 14.7. The van der Waals surface area contributed by atoms with Gasteiger partial charge >= 0.3 is 0 Å². The first-order chi connectivity index (χ1) is 16.9. The topological polar surface area (TPSA) is 9.23 Å². The third-order valence-electron chi connectivity index (χ3n) is 7.34. The van der Waals surface area contributed by atoms with Gasteiger partial charge < -0.3 is 4.74 Å². The van der Waals surface area contributed by atoms with Crippen molar-refractivity contribution in [2.75, 3.05) is 0 Å². The molecule has 1 unspecified atom stereocenters. The molecular formula is C32H42F2O. The van der Waals surface area contributed by atoms with Crippen molar-refractivity contribution in [2.45, 2.75) is 91.4 Å². The molecule has 190 valence electrons. The maximum Gasteiger partial charge on any atom is 0.198 e. The predicted molar refractivity (Wildman–Crippen MR) is 144 cm³/mol. The molecule has 0 amide bonds. The van der Waals surface area contributed by atoms with Gasteiger partial charge in [0.2, 0.25) is 0 Å². The summed E-state index contributed by atoms with van der Waals surface area (Å²) in [7, 11) is 0. The lowest BCUT2D eigenvalue weighted by Crippen LogP contribution is -2.12. The van der Waals surface area contributed by atoms with Crippen molar-refractivity contribution in [3.63, 3.8) is 0 Å². The molecule has 1 atom stereocenters. The van der Waals surface area contributed by atoms with Crippen molar-refractivity contribution >= 4 is 0 Å². The van der Waals surface area contributed by atoms with Crippen LogP contribution in [0.4, 0.5) is 8.78 Å². The molecule has 3 rings (SSSR count). The minimum absolute atomic E-state index is 0.325. The molecule has 0 aliphatic heterocycles. The fraction of sp³-hybridized carbons (Fsp3) is 0.500. The maximum atomic E-state index is 14.7. The molecule has 1 nitrogen and oxygen atoms in total. The summed E-state index contributed by atoms with van der Waals surface area (Å²) in [5.41, 5.74) is 2.67. The first-order valence-electron chi connectivity index (χ1n) is 13.5. The fourth-order valence-corrected chi connectivity index (χ4v) is 4.80. The Bertz CT molecular complexity index is 958. The van der Waals surface area contributed by atoms with Gasteiger partial charge in [0.1, 0.15) is 0 Å². The number of ether oxygens (including phenoxy) is 1. The largest absolute Gasteiger partial charge is 0.456 e. The number of halogens is 2. The quantitative estimate of drug-likeness (QED) is 0.176. The van der Waals surface area contributed by atoms with Crippen molar-refractivity contribution < 1.29 is 13.5 Å². The van der Waals surface area contributed by atoms with Crippen molar-refractivity contribution in [2.24, 2.45) is 11.8 Å². The van der Waals surface area contributed by atoms with Crippen LogP contribution in [0.1, 0.15) is 97.0 Å². The van der Waals surface area contributed by atoms with Gasteiger partial charge in [-0.05, 0) is 98.1 Å². The van der Waals surface area contributed by atoms with E-state index in [1.165, 1.54) is 49.8 Å². The first-order valence-corrected chi connectivity index (χ1v) is 13.5. The third kappa shape index (κ3) is 8.05. The van der Waals surface area contributed by atoms with Crippen LogP contribution in [0.3, 0.4) is 0 Å². The Labute approximate surface area is 211 Å². The summed E-state index contributed by atoms with van der Waals surface area (Å²) in [4.78, 5) is 0. The van der Waals surface area contributed by atoms with Gasteiger partial charge in [0.15, 0.2) is 17.4 Å². The fourth-order valence-electron chi connectivity index (χ4n) is 4.80. The van der Waals surface area contributed by atoms with Crippen LogP contribution in [0.2, 0.25) is 0 Å². The Morgan fingerprint density at radius 2 is 1.63 bits per heavy atom. The van der Waals surface area contributed by atoms with Gasteiger partial charge in [-0.15, -0.1) is 0 Å². The average molecular weight is 481 g/mol. The van der Waals surface area contributed by atoms with Crippen LogP contribution in [-0.2, 0) is 0 Å². The number of hydrogen-bond acceptors (Lipinski definition) is 1.